The number of carbonyl (C=O) groups is 3. The summed E-state index contributed by atoms with van der Waals surface area (Å²) in [6.45, 7) is 2.86. The second kappa shape index (κ2) is 9.27. The lowest BCUT2D eigenvalue weighted by atomic mass is 10.1. The summed E-state index contributed by atoms with van der Waals surface area (Å²) in [6, 6.07) is 14.1. The van der Waals surface area contributed by atoms with Crippen LogP contribution in [0.25, 0.3) is 22.6 Å². The van der Waals surface area contributed by atoms with Crippen LogP contribution in [0.1, 0.15) is 13.8 Å². The number of nitrogens with zero attached hydrogens (tertiary/aromatic N) is 1. The van der Waals surface area contributed by atoms with E-state index in [1.54, 1.807) is 48.5 Å². The monoisotopic (exact) mass is 425 g/mol. The summed E-state index contributed by atoms with van der Waals surface area (Å²) in [6.07, 6.45) is 0. The number of hydrogen-bond acceptors (Lipinski definition) is 6. The van der Waals surface area contributed by atoms with Crippen molar-refractivity contribution in [2.45, 2.75) is 19.1 Å². The molecule has 0 unspecified atom stereocenters. The summed E-state index contributed by atoms with van der Waals surface area (Å²) in [7, 11) is 0. The van der Waals surface area contributed by atoms with Crippen LogP contribution in [0.2, 0.25) is 0 Å². The van der Waals surface area contributed by atoms with E-state index in [4.69, 9.17) is 9.52 Å². The van der Waals surface area contributed by atoms with Gasteiger partial charge < -0.3 is 20.2 Å². The normalized spacial score (nSPS) is 10.5. The lowest BCUT2D eigenvalue weighted by Gasteiger charge is -2.06. The van der Waals surface area contributed by atoms with Gasteiger partial charge in [-0.15, -0.1) is 0 Å². The number of thioether (sulfide) groups is 1. The molecule has 0 atom stereocenters. The summed E-state index contributed by atoms with van der Waals surface area (Å²) in [5, 5.41) is 14.6. The molecule has 30 heavy (non-hydrogen) atoms. The van der Waals surface area contributed by atoms with Gasteiger partial charge in [-0.1, -0.05) is 23.9 Å². The molecule has 8 nitrogen and oxygen atoms in total. The third-order valence-electron chi connectivity index (χ3n) is 3.87. The van der Waals surface area contributed by atoms with Gasteiger partial charge >= 0.3 is 5.97 Å². The molecule has 0 radical (unpaired) electrons. The van der Waals surface area contributed by atoms with E-state index >= 15 is 0 Å². The van der Waals surface area contributed by atoms with Crippen LogP contribution in [-0.4, -0.2) is 33.6 Å². The molecular weight excluding hydrogens is 406 g/mol. The van der Waals surface area contributed by atoms with Crippen LogP contribution in [-0.2, 0) is 14.4 Å². The molecule has 154 valence electrons. The van der Waals surface area contributed by atoms with Crippen LogP contribution in [0, 0.1) is 0 Å². The van der Waals surface area contributed by atoms with Gasteiger partial charge in [0, 0.05) is 36.3 Å². The topological polar surface area (TPSA) is 122 Å². The Kier molecular flexibility index (Phi) is 6.53. The molecule has 0 spiro atoms. The molecule has 0 fully saturated rings. The highest BCUT2D eigenvalue weighted by Crippen LogP contribution is 2.36. The van der Waals surface area contributed by atoms with Gasteiger partial charge in [-0.25, -0.2) is 4.98 Å². The van der Waals surface area contributed by atoms with E-state index in [-0.39, 0.29) is 22.8 Å². The second-order valence-electron chi connectivity index (χ2n) is 6.36. The summed E-state index contributed by atoms with van der Waals surface area (Å²) in [5.41, 5.74) is 3.31. The molecule has 0 saturated carbocycles. The van der Waals surface area contributed by atoms with Crippen molar-refractivity contribution < 1.29 is 23.9 Å². The summed E-state index contributed by atoms with van der Waals surface area (Å²) >= 11 is 0.985. The van der Waals surface area contributed by atoms with Crippen LogP contribution in [0.3, 0.4) is 0 Å². The fourth-order valence-corrected chi connectivity index (χ4v) is 3.24. The molecule has 0 saturated heterocycles. The fourth-order valence-electron chi connectivity index (χ4n) is 2.70. The quantitative estimate of drug-likeness (QED) is 0.487. The van der Waals surface area contributed by atoms with E-state index in [0.29, 0.717) is 22.8 Å². The smallest absolute Gasteiger partial charge is 0.314 e. The Hall–Kier alpha value is -3.59. The van der Waals surface area contributed by atoms with E-state index in [2.05, 4.69) is 15.6 Å². The number of aromatic nitrogens is 1. The fraction of sp³-hybridized carbons (Fsp3) is 0.143. The van der Waals surface area contributed by atoms with Gasteiger partial charge in [0.1, 0.15) is 11.4 Å². The Morgan fingerprint density at radius 1 is 0.900 bits per heavy atom. The predicted molar refractivity (Wildman–Crippen MR) is 114 cm³/mol. The number of amides is 2. The molecule has 1 aromatic heterocycles. The number of nitrogens with one attached hydrogen (secondary N) is 2. The minimum atomic E-state index is -0.972. The summed E-state index contributed by atoms with van der Waals surface area (Å²) in [5.74, 6) is -1.01. The van der Waals surface area contributed by atoms with Crippen LogP contribution < -0.4 is 10.6 Å². The first-order valence-electron chi connectivity index (χ1n) is 8.93. The predicted octanol–water partition coefficient (Wildman–Crippen LogP) is 4.10. The van der Waals surface area contributed by atoms with E-state index in [0.717, 1.165) is 22.9 Å². The van der Waals surface area contributed by atoms with E-state index in [1.165, 1.54) is 13.8 Å². The molecule has 3 aromatic rings. The third-order valence-corrected chi connectivity index (χ3v) is 4.69. The molecule has 3 rings (SSSR count). The highest BCUT2D eigenvalue weighted by molar-refractivity contribution is 7.99. The minimum Gasteiger partial charge on any atom is -0.481 e. The van der Waals surface area contributed by atoms with Crippen molar-refractivity contribution >= 4 is 40.9 Å². The second-order valence-corrected chi connectivity index (χ2v) is 7.28. The number of carboxylic acids is 1. The van der Waals surface area contributed by atoms with E-state index in [9.17, 15) is 14.4 Å². The molecule has 0 bridgehead atoms. The molecule has 9 heteroatoms. The lowest BCUT2D eigenvalue weighted by Crippen LogP contribution is -2.05. The number of aliphatic carboxylic acids is 1. The van der Waals surface area contributed by atoms with Crippen LogP contribution in [0.4, 0.5) is 11.4 Å². The van der Waals surface area contributed by atoms with Crippen molar-refractivity contribution in [3.05, 3.63) is 48.5 Å². The third kappa shape index (κ3) is 5.48. The zero-order chi connectivity index (χ0) is 21.7. The largest absolute Gasteiger partial charge is 0.481 e. The van der Waals surface area contributed by atoms with Crippen molar-refractivity contribution in [3.8, 4) is 22.6 Å². The number of carbonyl (C=O) groups excluding carboxylic acids is 2. The highest BCUT2D eigenvalue weighted by atomic mass is 32.2. The van der Waals surface area contributed by atoms with Gasteiger partial charge in [0.05, 0.1) is 0 Å². The molecular formula is C21H19N3O5S. The first-order valence-corrected chi connectivity index (χ1v) is 9.92. The Morgan fingerprint density at radius 2 is 1.40 bits per heavy atom. The van der Waals surface area contributed by atoms with E-state index < -0.39 is 5.97 Å². The van der Waals surface area contributed by atoms with Crippen LogP contribution >= 0.6 is 11.8 Å². The average Bonchev–Trinajstić information content (AvgIpc) is 3.11. The molecule has 3 N–H and O–H groups in total. The van der Waals surface area contributed by atoms with Crippen molar-refractivity contribution in [3.63, 3.8) is 0 Å². The standard InChI is InChI=1S/C21H19N3O5S/c1-12(25)22-16-7-3-14(4-8-16)19-20(29-21(24-19)30-11-18(27)28)15-5-9-17(10-6-15)23-13(2)26/h3-10H,11H2,1-2H3,(H,22,25)(H,23,26)(H,27,28). The maximum absolute atomic E-state index is 11.2. The van der Waals surface area contributed by atoms with Gasteiger partial charge in [0.2, 0.25) is 11.8 Å². The van der Waals surface area contributed by atoms with Crippen LogP contribution in [0.15, 0.2) is 58.2 Å². The number of rotatable bonds is 7. The Labute approximate surface area is 176 Å². The number of benzene rings is 2. The van der Waals surface area contributed by atoms with Crippen molar-refractivity contribution in [2.75, 3.05) is 16.4 Å². The Morgan fingerprint density at radius 3 is 1.87 bits per heavy atom. The first-order chi connectivity index (χ1) is 14.3. The minimum absolute atomic E-state index is 0.170. The zero-order valence-electron chi connectivity index (χ0n) is 16.3. The number of hydrogen-bond donors (Lipinski definition) is 3. The van der Waals surface area contributed by atoms with Crippen molar-refractivity contribution in [1.82, 2.24) is 4.98 Å². The van der Waals surface area contributed by atoms with Gasteiger partial charge in [-0.3, -0.25) is 14.4 Å². The zero-order valence-corrected chi connectivity index (χ0v) is 17.1. The summed E-state index contributed by atoms with van der Waals surface area (Å²) < 4.78 is 5.85. The molecule has 1 heterocycles. The van der Waals surface area contributed by atoms with Crippen molar-refractivity contribution in [1.29, 1.82) is 0 Å². The highest BCUT2D eigenvalue weighted by Gasteiger charge is 2.18. The maximum atomic E-state index is 11.2. The number of oxazole rings is 1. The van der Waals surface area contributed by atoms with Gasteiger partial charge in [0.15, 0.2) is 5.76 Å². The summed E-state index contributed by atoms with van der Waals surface area (Å²) in [4.78, 5) is 37.8. The first kappa shape index (κ1) is 21.1. The Balaban J connectivity index is 1.97. The Bertz CT molecular complexity index is 998. The van der Waals surface area contributed by atoms with Crippen LogP contribution in [0.5, 0.6) is 0 Å². The van der Waals surface area contributed by atoms with E-state index in [1.807, 2.05) is 0 Å². The molecule has 0 aliphatic carbocycles. The molecule has 2 amide bonds. The van der Waals surface area contributed by atoms with Crippen molar-refractivity contribution in [2.24, 2.45) is 0 Å². The SMILES string of the molecule is CC(=O)Nc1ccc(-c2nc(SCC(=O)O)oc2-c2ccc(NC(C)=O)cc2)cc1. The maximum Gasteiger partial charge on any atom is 0.314 e. The average molecular weight is 425 g/mol. The lowest BCUT2D eigenvalue weighted by molar-refractivity contribution is -0.134. The van der Waals surface area contributed by atoms with Gasteiger partial charge in [-0.2, -0.15) is 0 Å². The van der Waals surface area contributed by atoms with Gasteiger partial charge in [0.25, 0.3) is 5.22 Å². The molecule has 2 aromatic carbocycles. The molecule has 0 aliphatic rings. The number of carboxylic acid groups (broad SMARTS) is 1. The van der Waals surface area contributed by atoms with Gasteiger partial charge in [-0.05, 0) is 36.4 Å². The number of anilines is 2. The molecule has 0 aliphatic heterocycles.